The average molecular weight is 236 g/mol. The highest BCUT2D eigenvalue weighted by atomic mass is 16.2. The zero-order chi connectivity index (χ0) is 12.4. The van der Waals surface area contributed by atoms with Crippen molar-refractivity contribution < 1.29 is 9.59 Å². The van der Waals surface area contributed by atoms with E-state index in [-0.39, 0.29) is 18.4 Å². The standard InChI is InChI=1S/C11H16N4O2/c1-8-5-9(14(2)13-8)7-15-4-3-10(16)12-6-11(15)17/h5H,3-4,6-7H2,1-2H3,(H,12,16). The average Bonchev–Trinajstić information content (AvgIpc) is 2.50. The molecule has 1 aromatic rings. The first-order chi connectivity index (χ1) is 8.06. The molecular weight excluding hydrogens is 220 g/mol. The molecule has 1 aromatic heterocycles. The van der Waals surface area contributed by atoms with Crippen LogP contribution in [0.25, 0.3) is 0 Å². The summed E-state index contributed by atoms with van der Waals surface area (Å²) in [6.07, 6.45) is 0.364. The van der Waals surface area contributed by atoms with Gasteiger partial charge >= 0.3 is 0 Å². The van der Waals surface area contributed by atoms with Crippen LogP contribution in [0.4, 0.5) is 0 Å². The Balaban J connectivity index is 2.09. The van der Waals surface area contributed by atoms with Crippen LogP contribution in [0.2, 0.25) is 0 Å². The number of hydrogen-bond donors (Lipinski definition) is 1. The summed E-state index contributed by atoms with van der Waals surface area (Å²) in [5, 5.41) is 6.81. The number of carbonyl (C=O) groups is 2. The van der Waals surface area contributed by atoms with Crippen molar-refractivity contribution >= 4 is 11.8 Å². The molecule has 0 spiro atoms. The van der Waals surface area contributed by atoms with E-state index in [1.807, 2.05) is 20.0 Å². The van der Waals surface area contributed by atoms with Gasteiger partial charge in [0, 0.05) is 20.0 Å². The molecular formula is C11H16N4O2. The molecule has 2 rings (SSSR count). The Morgan fingerprint density at radius 2 is 2.24 bits per heavy atom. The van der Waals surface area contributed by atoms with Gasteiger partial charge in [-0.2, -0.15) is 5.10 Å². The number of aromatic nitrogens is 2. The molecule has 2 amide bonds. The Kier molecular flexibility index (Phi) is 3.12. The second kappa shape index (κ2) is 4.57. The molecule has 1 saturated heterocycles. The summed E-state index contributed by atoms with van der Waals surface area (Å²) in [7, 11) is 1.86. The highest BCUT2D eigenvalue weighted by molar-refractivity contribution is 5.87. The number of nitrogens with zero attached hydrogens (tertiary/aromatic N) is 3. The number of nitrogens with one attached hydrogen (secondary N) is 1. The molecule has 0 bridgehead atoms. The van der Waals surface area contributed by atoms with Crippen molar-refractivity contribution in [2.75, 3.05) is 13.1 Å². The van der Waals surface area contributed by atoms with E-state index in [4.69, 9.17) is 0 Å². The van der Waals surface area contributed by atoms with Crippen LogP contribution in [0.5, 0.6) is 0 Å². The third-order valence-electron chi connectivity index (χ3n) is 2.85. The minimum Gasteiger partial charge on any atom is -0.347 e. The fourth-order valence-electron chi connectivity index (χ4n) is 1.91. The SMILES string of the molecule is Cc1cc(CN2CCC(=O)NCC2=O)n(C)n1. The summed E-state index contributed by atoms with van der Waals surface area (Å²) >= 11 is 0. The molecule has 0 aliphatic carbocycles. The van der Waals surface area contributed by atoms with Gasteiger partial charge in [0.05, 0.1) is 24.5 Å². The molecule has 1 aliphatic rings. The molecule has 0 atom stereocenters. The summed E-state index contributed by atoms with van der Waals surface area (Å²) in [6.45, 7) is 2.98. The minimum absolute atomic E-state index is 0.0466. The Morgan fingerprint density at radius 1 is 1.47 bits per heavy atom. The second-order valence-corrected chi connectivity index (χ2v) is 4.24. The minimum atomic E-state index is -0.0676. The van der Waals surface area contributed by atoms with Crippen molar-refractivity contribution in [3.8, 4) is 0 Å². The number of carbonyl (C=O) groups excluding carboxylic acids is 2. The van der Waals surface area contributed by atoms with E-state index in [0.29, 0.717) is 19.5 Å². The molecule has 0 aromatic carbocycles. The van der Waals surface area contributed by atoms with Crippen LogP contribution in [0.1, 0.15) is 17.8 Å². The van der Waals surface area contributed by atoms with Crippen molar-refractivity contribution in [3.63, 3.8) is 0 Å². The summed E-state index contributed by atoms with van der Waals surface area (Å²) in [6, 6.07) is 1.95. The first-order valence-corrected chi connectivity index (χ1v) is 5.60. The van der Waals surface area contributed by atoms with Gasteiger partial charge in [-0.05, 0) is 13.0 Å². The van der Waals surface area contributed by atoms with Crippen molar-refractivity contribution in [1.82, 2.24) is 20.0 Å². The van der Waals surface area contributed by atoms with E-state index in [1.54, 1.807) is 9.58 Å². The second-order valence-electron chi connectivity index (χ2n) is 4.24. The smallest absolute Gasteiger partial charge is 0.242 e. The maximum Gasteiger partial charge on any atom is 0.242 e. The Bertz CT molecular complexity index is 452. The molecule has 6 nitrogen and oxygen atoms in total. The highest BCUT2D eigenvalue weighted by Crippen LogP contribution is 2.08. The van der Waals surface area contributed by atoms with E-state index in [2.05, 4.69) is 10.4 Å². The largest absolute Gasteiger partial charge is 0.347 e. The van der Waals surface area contributed by atoms with Crippen molar-refractivity contribution in [2.45, 2.75) is 19.9 Å². The van der Waals surface area contributed by atoms with Gasteiger partial charge in [0.25, 0.3) is 0 Å². The third kappa shape index (κ3) is 2.64. The molecule has 92 valence electrons. The molecule has 0 unspecified atom stereocenters. The van der Waals surface area contributed by atoms with E-state index in [1.165, 1.54) is 0 Å². The topological polar surface area (TPSA) is 67.2 Å². The van der Waals surface area contributed by atoms with Crippen molar-refractivity contribution in [1.29, 1.82) is 0 Å². The Hall–Kier alpha value is -1.85. The van der Waals surface area contributed by atoms with E-state index in [9.17, 15) is 9.59 Å². The molecule has 1 aliphatic heterocycles. The van der Waals surface area contributed by atoms with Crippen molar-refractivity contribution in [2.24, 2.45) is 7.05 Å². The Labute approximate surface area is 99.6 Å². The normalized spacial score (nSPS) is 16.9. The van der Waals surface area contributed by atoms with Crippen LogP contribution in [-0.2, 0) is 23.2 Å². The predicted octanol–water partition coefficient (Wildman–Crippen LogP) is -0.423. The van der Waals surface area contributed by atoms with Gasteiger partial charge in [0.1, 0.15) is 0 Å². The third-order valence-corrected chi connectivity index (χ3v) is 2.85. The van der Waals surface area contributed by atoms with Crippen LogP contribution < -0.4 is 5.32 Å². The number of aryl methyl sites for hydroxylation is 2. The van der Waals surface area contributed by atoms with Crippen LogP contribution in [0, 0.1) is 6.92 Å². The molecule has 17 heavy (non-hydrogen) atoms. The lowest BCUT2D eigenvalue weighted by Crippen LogP contribution is -2.35. The van der Waals surface area contributed by atoms with Gasteiger partial charge in [-0.3, -0.25) is 14.3 Å². The summed E-state index contributed by atoms with van der Waals surface area (Å²) in [4.78, 5) is 24.6. The van der Waals surface area contributed by atoms with Crippen LogP contribution in [-0.4, -0.2) is 39.6 Å². The fourth-order valence-corrected chi connectivity index (χ4v) is 1.91. The maximum atomic E-state index is 11.8. The van der Waals surface area contributed by atoms with Gasteiger partial charge in [-0.15, -0.1) is 0 Å². The summed E-state index contributed by atoms with van der Waals surface area (Å²) < 4.78 is 1.77. The van der Waals surface area contributed by atoms with Gasteiger partial charge in [-0.1, -0.05) is 0 Å². The molecule has 2 heterocycles. The van der Waals surface area contributed by atoms with Crippen LogP contribution in [0.3, 0.4) is 0 Å². The zero-order valence-electron chi connectivity index (χ0n) is 10.1. The van der Waals surface area contributed by atoms with Crippen LogP contribution in [0.15, 0.2) is 6.07 Å². The van der Waals surface area contributed by atoms with Gasteiger partial charge in [-0.25, -0.2) is 0 Å². The lowest BCUT2D eigenvalue weighted by Gasteiger charge is -2.19. The van der Waals surface area contributed by atoms with E-state index in [0.717, 1.165) is 11.4 Å². The predicted molar refractivity (Wildman–Crippen MR) is 61.0 cm³/mol. The van der Waals surface area contributed by atoms with Gasteiger partial charge in [0.15, 0.2) is 0 Å². The monoisotopic (exact) mass is 236 g/mol. The fraction of sp³-hybridized carbons (Fsp3) is 0.545. The van der Waals surface area contributed by atoms with Gasteiger partial charge in [0.2, 0.25) is 11.8 Å². The zero-order valence-corrected chi connectivity index (χ0v) is 10.1. The summed E-state index contributed by atoms with van der Waals surface area (Å²) in [5.74, 6) is -0.114. The number of hydrogen-bond acceptors (Lipinski definition) is 3. The first kappa shape index (κ1) is 11.6. The van der Waals surface area contributed by atoms with E-state index < -0.39 is 0 Å². The molecule has 0 radical (unpaired) electrons. The lowest BCUT2D eigenvalue weighted by atomic mass is 10.3. The summed E-state index contributed by atoms with van der Waals surface area (Å²) in [5.41, 5.74) is 1.91. The molecule has 1 fully saturated rings. The molecule has 6 heteroatoms. The molecule has 0 saturated carbocycles. The number of amides is 2. The quantitative estimate of drug-likeness (QED) is 0.758. The van der Waals surface area contributed by atoms with Gasteiger partial charge < -0.3 is 10.2 Å². The van der Waals surface area contributed by atoms with Crippen LogP contribution >= 0.6 is 0 Å². The first-order valence-electron chi connectivity index (χ1n) is 5.60. The van der Waals surface area contributed by atoms with Crippen molar-refractivity contribution in [3.05, 3.63) is 17.5 Å². The number of rotatable bonds is 2. The highest BCUT2D eigenvalue weighted by Gasteiger charge is 2.21. The lowest BCUT2D eigenvalue weighted by molar-refractivity contribution is -0.130. The molecule has 1 N–H and O–H groups in total. The van der Waals surface area contributed by atoms with E-state index >= 15 is 0 Å². The maximum absolute atomic E-state index is 11.8. The Morgan fingerprint density at radius 3 is 2.88 bits per heavy atom.